The third kappa shape index (κ3) is 4.50. The van der Waals surface area contributed by atoms with Gasteiger partial charge in [0.05, 0.1) is 16.1 Å². The molecule has 0 unspecified atom stereocenters. The highest BCUT2D eigenvalue weighted by atomic mass is 32.2. The lowest BCUT2D eigenvalue weighted by molar-refractivity contribution is -0.123. The molecule has 1 aliphatic rings. The van der Waals surface area contributed by atoms with Crippen LogP contribution in [0.4, 0.5) is 5.69 Å². The zero-order valence-electron chi connectivity index (χ0n) is 13.4. The Morgan fingerprint density at radius 1 is 1.23 bits per heavy atom. The van der Waals surface area contributed by atoms with Crippen LogP contribution in [0, 0.1) is 0 Å². The molecule has 1 aromatic heterocycles. The highest BCUT2D eigenvalue weighted by Gasteiger charge is 2.18. The van der Waals surface area contributed by atoms with E-state index in [1.165, 1.54) is 29.2 Å². The van der Waals surface area contributed by atoms with Crippen molar-refractivity contribution in [3.8, 4) is 0 Å². The number of amides is 3. The van der Waals surface area contributed by atoms with Gasteiger partial charge in [0.25, 0.3) is 11.8 Å². The monoisotopic (exact) mass is 390 g/mol. The number of thioether (sulfide) groups is 1. The van der Waals surface area contributed by atoms with Crippen LogP contribution in [-0.4, -0.2) is 36.1 Å². The average molecular weight is 390 g/mol. The number of ether oxygens (including phenoxy) is 1. The average Bonchev–Trinajstić information content (AvgIpc) is 3.09. The molecule has 3 amide bonds. The lowest BCUT2D eigenvalue weighted by Gasteiger charge is -2.09. The van der Waals surface area contributed by atoms with Crippen LogP contribution in [0.5, 0.6) is 0 Å². The van der Waals surface area contributed by atoms with Crippen LogP contribution in [0.3, 0.4) is 0 Å². The normalized spacial score (nSPS) is 13.2. The number of hydrogen-bond donors (Lipinski definition) is 2. The molecule has 9 heteroatoms. The summed E-state index contributed by atoms with van der Waals surface area (Å²) in [6.07, 6.45) is 0.400. The van der Waals surface area contributed by atoms with Gasteiger partial charge in [-0.1, -0.05) is 6.07 Å². The molecule has 2 aromatic rings. The van der Waals surface area contributed by atoms with E-state index >= 15 is 0 Å². The van der Waals surface area contributed by atoms with Crippen molar-refractivity contribution in [1.82, 2.24) is 5.32 Å². The summed E-state index contributed by atoms with van der Waals surface area (Å²) in [5.74, 6) is -1.41. The number of rotatable bonds is 4. The number of carbonyl (C=O) groups is 4. The second-order valence-corrected chi connectivity index (χ2v) is 7.37. The van der Waals surface area contributed by atoms with Gasteiger partial charge in [0.2, 0.25) is 5.91 Å². The zero-order valence-corrected chi connectivity index (χ0v) is 15.1. The summed E-state index contributed by atoms with van der Waals surface area (Å²) in [6, 6.07) is 8.09. The summed E-state index contributed by atoms with van der Waals surface area (Å²) in [7, 11) is 0. The van der Waals surface area contributed by atoms with Crippen molar-refractivity contribution < 1.29 is 23.9 Å². The van der Waals surface area contributed by atoms with Crippen LogP contribution in [-0.2, 0) is 14.3 Å². The number of anilines is 1. The second-order valence-electron chi connectivity index (χ2n) is 5.29. The number of thiophene rings is 1. The summed E-state index contributed by atoms with van der Waals surface area (Å²) in [5, 5.41) is 6.60. The number of esters is 1. The SMILES string of the molecule is O=C(COC(=O)c1ccc2c(c1)NC(=O)CCS2)NC(=O)c1cccs1. The van der Waals surface area contributed by atoms with Crippen LogP contribution < -0.4 is 10.6 Å². The molecule has 7 nitrogen and oxygen atoms in total. The highest BCUT2D eigenvalue weighted by molar-refractivity contribution is 7.99. The molecule has 134 valence electrons. The molecule has 0 saturated heterocycles. The fourth-order valence-electron chi connectivity index (χ4n) is 2.19. The Morgan fingerprint density at radius 3 is 2.85 bits per heavy atom. The van der Waals surface area contributed by atoms with Gasteiger partial charge in [-0.2, -0.15) is 0 Å². The Labute approximate surface area is 157 Å². The minimum absolute atomic E-state index is 0.117. The van der Waals surface area contributed by atoms with E-state index in [2.05, 4.69) is 10.6 Å². The minimum Gasteiger partial charge on any atom is -0.452 e. The largest absolute Gasteiger partial charge is 0.452 e. The third-order valence-electron chi connectivity index (χ3n) is 3.41. The second kappa shape index (κ2) is 8.15. The fourth-order valence-corrected chi connectivity index (χ4v) is 3.75. The summed E-state index contributed by atoms with van der Waals surface area (Å²) in [4.78, 5) is 48.5. The van der Waals surface area contributed by atoms with Gasteiger partial charge in [-0.25, -0.2) is 4.79 Å². The lowest BCUT2D eigenvalue weighted by Crippen LogP contribution is -2.33. The Bertz CT molecular complexity index is 864. The van der Waals surface area contributed by atoms with Crippen molar-refractivity contribution in [3.05, 3.63) is 46.2 Å². The van der Waals surface area contributed by atoms with Crippen molar-refractivity contribution in [2.75, 3.05) is 17.7 Å². The fraction of sp³-hybridized carbons (Fsp3) is 0.176. The Morgan fingerprint density at radius 2 is 2.08 bits per heavy atom. The summed E-state index contributed by atoms with van der Waals surface area (Å²) in [6.45, 7) is -0.575. The molecule has 0 spiro atoms. The summed E-state index contributed by atoms with van der Waals surface area (Å²) < 4.78 is 4.94. The van der Waals surface area contributed by atoms with Crippen molar-refractivity contribution >= 4 is 52.5 Å². The van der Waals surface area contributed by atoms with E-state index in [1.807, 2.05) is 0 Å². The number of hydrogen-bond acceptors (Lipinski definition) is 7. The first-order chi connectivity index (χ1) is 12.5. The molecule has 0 atom stereocenters. The predicted molar refractivity (Wildman–Crippen MR) is 97.5 cm³/mol. The molecule has 1 aliphatic heterocycles. The lowest BCUT2D eigenvalue weighted by atomic mass is 10.2. The van der Waals surface area contributed by atoms with Gasteiger partial charge in [-0.15, -0.1) is 23.1 Å². The summed E-state index contributed by atoms with van der Waals surface area (Å²) in [5.41, 5.74) is 0.758. The van der Waals surface area contributed by atoms with E-state index < -0.39 is 24.4 Å². The molecule has 1 aromatic carbocycles. The maximum atomic E-state index is 12.1. The molecule has 0 bridgehead atoms. The third-order valence-corrected chi connectivity index (χ3v) is 5.35. The molecule has 0 fully saturated rings. The standard InChI is InChI=1S/C17H14N2O5S2/c20-14-5-7-26-12-4-3-10(8-11(12)18-14)17(23)24-9-15(21)19-16(22)13-2-1-6-25-13/h1-4,6,8H,5,7,9H2,(H,18,20)(H,19,21,22). The van der Waals surface area contributed by atoms with Gasteiger partial charge >= 0.3 is 5.97 Å². The predicted octanol–water partition coefficient (Wildman–Crippen LogP) is 2.30. The van der Waals surface area contributed by atoms with E-state index in [9.17, 15) is 19.2 Å². The molecule has 26 heavy (non-hydrogen) atoms. The topological polar surface area (TPSA) is 102 Å². The molecule has 2 N–H and O–H groups in total. The molecule has 3 rings (SSSR count). The van der Waals surface area contributed by atoms with Crippen LogP contribution in [0.15, 0.2) is 40.6 Å². The van der Waals surface area contributed by atoms with E-state index in [1.54, 1.807) is 29.6 Å². The zero-order chi connectivity index (χ0) is 18.5. The van der Waals surface area contributed by atoms with Crippen LogP contribution in [0.2, 0.25) is 0 Å². The minimum atomic E-state index is -0.713. The van der Waals surface area contributed by atoms with Gasteiger partial charge in [-0.3, -0.25) is 19.7 Å². The number of carbonyl (C=O) groups excluding carboxylic acids is 4. The van der Waals surface area contributed by atoms with E-state index in [0.717, 1.165) is 4.90 Å². The Balaban J connectivity index is 1.57. The molecule has 2 heterocycles. The van der Waals surface area contributed by atoms with E-state index in [4.69, 9.17) is 4.74 Å². The molecular formula is C17H14N2O5S2. The van der Waals surface area contributed by atoms with Gasteiger partial charge in [0.15, 0.2) is 6.61 Å². The number of nitrogens with one attached hydrogen (secondary N) is 2. The van der Waals surface area contributed by atoms with Gasteiger partial charge in [-0.05, 0) is 29.6 Å². The number of benzene rings is 1. The molecule has 0 aliphatic carbocycles. The van der Waals surface area contributed by atoms with Crippen LogP contribution in [0.1, 0.15) is 26.5 Å². The van der Waals surface area contributed by atoms with Crippen molar-refractivity contribution in [2.24, 2.45) is 0 Å². The molecular weight excluding hydrogens is 376 g/mol. The highest BCUT2D eigenvalue weighted by Crippen LogP contribution is 2.31. The smallest absolute Gasteiger partial charge is 0.338 e. The first-order valence-electron chi connectivity index (χ1n) is 7.64. The quantitative estimate of drug-likeness (QED) is 0.777. The number of fused-ring (bicyclic) bond motifs is 1. The van der Waals surface area contributed by atoms with Gasteiger partial charge < -0.3 is 10.1 Å². The van der Waals surface area contributed by atoms with Crippen molar-refractivity contribution in [2.45, 2.75) is 11.3 Å². The van der Waals surface area contributed by atoms with Crippen LogP contribution in [0.25, 0.3) is 0 Å². The van der Waals surface area contributed by atoms with Gasteiger partial charge in [0.1, 0.15) is 0 Å². The maximum Gasteiger partial charge on any atom is 0.338 e. The first-order valence-corrected chi connectivity index (χ1v) is 9.51. The van der Waals surface area contributed by atoms with Gasteiger partial charge in [0, 0.05) is 17.1 Å². The molecule has 0 radical (unpaired) electrons. The molecule has 0 saturated carbocycles. The number of imide groups is 1. The van der Waals surface area contributed by atoms with Crippen molar-refractivity contribution in [1.29, 1.82) is 0 Å². The first kappa shape index (κ1) is 18.2. The van der Waals surface area contributed by atoms with Crippen LogP contribution >= 0.6 is 23.1 Å². The van der Waals surface area contributed by atoms with Crippen molar-refractivity contribution in [3.63, 3.8) is 0 Å². The maximum absolute atomic E-state index is 12.1. The Hall–Kier alpha value is -2.65. The summed E-state index contributed by atoms with van der Waals surface area (Å²) >= 11 is 2.72. The van der Waals surface area contributed by atoms with E-state index in [-0.39, 0.29) is 11.5 Å². The Kier molecular flexibility index (Phi) is 5.69. The van der Waals surface area contributed by atoms with E-state index in [0.29, 0.717) is 22.7 Å².